The van der Waals surface area contributed by atoms with Crippen LogP contribution in [0.5, 0.6) is 0 Å². The van der Waals surface area contributed by atoms with Crippen molar-refractivity contribution in [2.45, 2.75) is 25.9 Å². The van der Waals surface area contributed by atoms with E-state index >= 15 is 0 Å². The minimum atomic E-state index is -4.86. The minimum absolute atomic E-state index is 0.186. The number of alkyl halides is 3. The molecule has 9 heteroatoms. The van der Waals surface area contributed by atoms with E-state index in [9.17, 15) is 22.4 Å². The lowest BCUT2D eigenvalue weighted by Gasteiger charge is -2.09. The fourth-order valence-electron chi connectivity index (χ4n) is 1.67. The number of aromatic nitrogens is 2. The summed E-state index contributed by atoms with van der Waals surface area (Å²) in [6, 6.07) is 2.06. The number of carbonyl (C=O) groups is 1. The van der Waals surface area contributed by atoms with Crippen LogP contribution in [0.2, 0.25) is 0 Å². The number of hydrogen-bond acceptors (Lipinski definition) is 4. The van der Waals surface area contributed by atoms with Crippen LogP contribution < -0.4 is 5.32 Å². The number of amides is 1. The molecular weight excluding hydrogens is 322 g/mol. The summed E-state index contributed by atoms with van der Waals surface area (Å²) in [5.41, 5.74) is -1.79. The molecule has 0 bridgehead atoms. The first kappa shape index (κ1) is 16.3. The van der Waals surface area contributed by atoms with Gasteiger partial charge in [0.15, 0.2) is 0 Å². The molecule has 0 spiro atoms. The van der Waals surface area contributed by atoms with Gasteiger partial charge in [-0.2, -0.15) is 13.2 Å². The van der Waals surface area contributed by atoms with Crippen molar-refractivity contribution in [1.82, 2.24) is 10.2 Å². The first-order chi connectivity index (χ1) is 10.3. The molecule has 118 valence electrons. The predicted molar refractivity (Wildman–Crippen MR) is 73.3 cm³/mol. The third kappa shape index (κ3) is 3.79. The van der Waals surface area contributed by atoms with Gasteiger partial charge in [-0.1, -0.05) is 18.3 Å². The number of halogens is 4. The van der Waals surface area contributed by atoms with Crippen LogP contribution in [0.4, 0.5) is 22.7 Å². The van der Waals surface area contributed by atoms with E-state index in [4.69, 9.17) is 0 Å². The molecule has 0 aliphatic rings. The smallest absolute Gasteiger partial charge is 0.296 e. The summed E-state index contributed by atoms with van der Waals surface area (Å²) in [7, 11) is 0. The molecule has 0 aliphatic carbocycles. The Labute approximate surface area is 127 Å². The zero-order chi connectivity index (χ0) is 16.3. The molecule has 22 heavy (non-hydrogen) atoms. The Hall–Kier alpha value is -2.03. The van der Waals surface area contributed by atoms with E-state index in [0.29, 0.717) is 23.6 Å². The molecule has 1 amide bonds. The second-order valence-corrected chi connectivity index (χ2v) is 5.46. The van der Waals surface area contributed by atoms with Crippen LogP contribution in [0.25, 0.3) is 0 Å². The first-order valence-corrected chi connectivity index (χ1v) is 7.13. The Bertz CT molecular complexity index is 684. The molecule has 0 radical (unpaired) electrons. The monoisotopic (exact) mass is 333 g/mol. The largest absolute Gasteiger partial charge is 0.419 e. The summed E-state index contributed by atoms with van der Waals surface area (Å²) >= 11 is 1.14. The van der Waals surface area contributed by atoms with Crippen LogP contribution in [0, 0.1) is 5.82 Å². The highest BCUT2D eigenvalue weighted by atomic mass is 32.1. The van der Waals surface area contributed by atoms with Crippen LogP contribution in [-0.4, -0.2) is 16.1 Å². The Balaban J connectivity index is 2.18. The van der Waals surface area contributed by atoms with Crippen molar-refractivity contribution in [2.75, 3.05) is 5.32 Å². The van der Waals surface area contributed by atoms with Gasteiger partial charge in [-0.25, -0.2) is 4.39 Å². The second kappa shape index (κ2) is 6.39. The van der Waals surface area contributed by atoms with Gasteiger partial charge >= 0.3 is 6.18 Å². The molecule has 0 fully saturated rings. The van der Waals surface area contributed by atoms with E-state index in [1.807, 2.05) is 6.92 Å². The quantitative estimate of drug-likeness (QED) is 0.864. The van der Waals surface area contributed by atoms with Crippen molar-refractivity contribution in [3.8, 4) is 0 Å². The zero-order valence-corrected chi connectivity index (χ0v) is 12.2. The third-order valence-corrected chi connectivity index (χ3v) is 3.58. The maximum absolute atomic E-state index is 13.2. The molecule has 0 aliphatic heterocycles. The van der Waals surface area contributed by atoms with Crippen LogP contribution in [0.1, 0.15) is 34.3 Å². The highest BCUT2D eigenvalue weighted by Gasteiger charge is 2.34. The molecular formula is C13H11F4N3OS. The van der Waals surface area contributed by atoms with E-state index in [-0.39, 0.29) is 10.7 Å². The normalized spacial score (nSPS) is 11.5. The first-order valence-electron chi connectivity index (χ1n) is 6.31. The Morgan fingerprint density at radius 2 is 2.05 bits per heavy atom. The van der Waals surface area contributed by atoms with Gasteiger partial charge in [-0.15, -0.1) is 10.2 Å². The van der Waals surface area contributed by atoms with Gasteiger partial charge in [0, 0.05) is 12.0 Å². The van der Waals surface area contributed by atoms with Crippen LogP contribution in [-0.2, 0) is 12.6 Å². The van der Waals surface area contributed by atoms with Gasteiger partial charge in [-0.3, -0.25) is 10.1 Å². The van der Waals surface area contributed by atoms with Crippen molar-refractivity contribution in [3.63, 3.8) is 0 Å². The van der Waals surface area contributed by atoms with Crippen molar-refractivity contribution in [3.05, 3.63) is 40.2 Å². The fourth-order valence-corrected chi connectivity index (χ4v) is 2.51. The molecule has 1 N–H and O–H groups in total. The lowest BCUT2D eigenvalue weighted by Crippen LogP contribution is -2.15. The highest BCUT2D eigenvalue weighted by Crippen LogP contribution is 2.32. The topological polar surface area (TPSA) is 54.9 Å². The van der Waals surface area contributed by atoms with Gasteiger partial charge in [-0.05, 0) is 24.6 Å². The zero-order valence-electron chi connectivity index (χ0n) is 11.4. The number of aryl methyl sites for hydroxylation is 1. The fraction of sp³-hybridized carbons (Fsp3) is 0.308. The summed E-state index contributed by atoms with van der Waals surface area (Å²) in [5, 5.41) is 10.8. The molecule has 0 atom stereocenters. The lowest BCUT2D eigenvalue weighted by atomic mass is 10.1. The molecule has 4 nitrogen and oxygen atoms in total. The SMILES string of the molecule is CCCc1nnc(NC(=O)c2ccc(F)c(C(F)(F)F)c2)s1. The van der Waals surface area contributed by atoms with E-state index in [1.54, 1.807) is 0 Å². The molecule has 0 saturated carbocycles. The van der Waals surface area contributed by atoms with E-state index in [1.165, 1.54) is 0 Å². The Morgan fingerprint density at radius 3 is 2.68 bits per heavy atom. The van der Waals surface area contributed by atoms with Crippen molar-refractivity contribution >= 4 is 22.4 Å². The average Bonchev–Trinajstić information content (AvgIpc) is 2.85. The number of nitrogens with zero attached hydrogens (tertiary/aromatic N) is 2. The van der Waals surface area contributed by atoms with Gasteiger partial charge in [0.2, 0.25) is 5.13 Å². The standard InChI is InChI=1S/C13H11F4N3OS/c1-2-3-10-19-20-12(22-10)18-11(21)7-4-5-9(14)8(6-7)13(15,16)17/h4-6H,2-3H2,1H3,(H,18,20,21). The van der Waals surface area contributed by atoms with Gasteiger partial charge in [0.1, 0.15) is 10.8 Å². The van der Waals surface area contributed by atoms with E-state index in [0.717, 1.165) is 23.8 Å². The van der Waals surface area contributed by atoms with Crippen LogP contribution in [0.3, 0.4) is 0 Å². The van der Waals surface area contributed by atoms with E-state index < -0.39 is 23.5 Å². The Morgan fingerprint density at radius 1 is 1.32 bits per heavy atom. The van der Waals surface area contributed by atoms with E-state index in [2.05, 4.69) is 15.5 Å². The number of benzene rings is 1. The van der Waals surface area contributed by atoms with Crippen molar-refractivity contribution in [2.24, 2.45) is 0 Å². The molecule has 2 aromatic rings. The molecule has 2 rings (SSSR count). The lowest BCUT2D eigenvalue weighted by molar-refractivity contribution is -0.140. The third-order valence-electron chi connectivity index (χ3n) is 2.69. The summed E-state index contributed by atoms with van der Waals surface area (Å²) in [4.78, 5) is 11.9. The molecule has 0 unspecified atom stereocenters. The van der Waals surface area contributed by atoms with Crippen LogP contribution in [0.15, 0.2) is 18.2 Å². The number of hydrogen-bond donors (Lipinski definition) is 1. The molecule has 1 aromatic carbocycles. The average molecular weight is 333 g/mol. The molecule has 1 aromatic heterocycles. The maximum atomic E-state index is 13.2. The molecule has 0 saturated heterocycles. The number of anilines is 1. The van der Waals surface area contributed by atoms with Crippen molar-refractivity contribution in [1.29, 1.82) is 0 Å². The van der Waals surface area contributed by atoms with Crippen LogP contribution >= 0.6 is 11.3 Å². The molecule has 1 heterocycles. The maximum Gasteiger partial charge on any atom is 0.419 e. The second-order valence-electron chi connectivity index (χ2n) is 4.40. The summed E-state index contributed by atoms with van der Waals surface area (Å²) in [6.07, 6.45) is -3.31. The minimum Gasteiger partial charge on any atom is -0.296 e. The summed E-state index contributed by atoms with van der Waals surface area (Å²) in [5.74, 6) is -2.23. The number of carbonyl (C=O) groups excluding carboxylic acids is 1. The Kier molecular flexibility index (Phi) is 4.74. The number of rotatable bonds is 4. The number of nitrogens with one attached hydrogen (secondary N) is 1. The van der Waals surface area contributed by atoms with Crippen molar-refractivity contribution < 1.29 is 22.4 Å². The highest BCUT2D eigenvalue weighted by molar-refractivity contribution is 7.15. The van der Waals surface area contributed by atoms with Gasteiger partial charge in [0.25, 0.3) is 5.91 Å². The van der Waals surface area contributed by atoms with Gasteiger partial charge < -0.3 is 0 Å². The summed E-state index contributed by atoms with van der Waals surface area (Å²) in [6.45, 7) is 1.96. The summed E-state index contributed by atoms with van der Waals surface area (Å²) < 4.78 is 51.0. The predicted octanol–water partition coefficient (Wildman–Crippen LogP) is 3.90. The van der Waals surface area contributed by atoms with Gasteiger partial charge in [0.05, 0.1) is 5.56 Å².